The number of rotatable bonds is 7. The Kier molecular flexibility index (Phi) is 4.93. The Morgan fingerprint density at radius 1 is 1.47 bits per heavy atom. The number of halogens is 1. The maximum Gasteiger partial charge on any atom is 0.168 e. The minimum atomic E-state index is -1.55. The summed E-state index contributed by atoms with van der Waals surface area (Å²) in [5.74, 6) is 0.486. The summed E-state index contributed by atoms with van der Waals surface area (Å²) in [6, 6.07) is 0. The summed E-state index contributed by atoms with van der Waals surface area (Å²) < 4.78 is 21.7. The van der Waals surface area contributed by atoms with Gasteiger partial charge in [0, 0.05) is 13.1 Å². The smallest absolute Gasteiger partial charge is 0.168 e. The molecule has 1 unspecified atom stereocenters. The molecule has 1 heterocycles. The van der Waals surface area contributed by atoms with Gasteiger partial charge in [-0.3, -0.25) is 4.68 Å². The van der Waals surface area contributed by atoms with Crippen LogP contribution in [0.25, 0.3) is 0 Å². The van der Waals surface area contributed by atoms with E-state index in [2.05, 4.69) is 5.10 Å². The van der Waals surface area contributed by atoms with Crippen molar-refractivity contribution in [2.24, 2.45) is 5.73 Å². The van der Waals surface area contributed by atoms with E-state index in [0.29, 0.717) is 24.4 Å². The summed E-state index contributed by atoms with van der Waals surface area (Å²) >= 11 is 0. The zero-order valence-electron chi connectivity index (χ0n) is 10.9. The average molecular weight is 243 g/mol. The Morgan fingerprint density at radius 3 is 2.65 bits per heavy atom. The van der Waals surface area contributed by atoms with Gasteiger partial charge in [-0.15, -0.1) is 0 Å². The van der Waals surface area contributed by atoms with E-state index in [9.17, 15) is 4.39 Å². The van der Waals surface area contributed by atoms with Gasteiger partial charge in [0.2, 0.25) is 0 Å². The first kappa shape index (κ1) is 14.0. The van der Waals surface area contributed by atoms with Crippen molar-refractivity contribution in [1.29, 1.82) is 0 Å². The molecule has 2 N–H and O–H groups in total. The average Bonchev–Trinajstić information content (AvgIpc) is 2.73. The molecular weight excluding hydrogens is 221 g/mol. The predicted molar refractivity (Wildman–Crippen MR) is 65.8 cm³/mol. The Balaban J connectivity index is 3.18. The van der Waals surface area contributed by atoms with Crippen LogP contribution in [0.5, 0.6) is 5.75 Å². The van der Waals surface area contributed by atoms with Crippen LogP contribution in [0.3, 0.4) is 0 Å². The van der Waals surface area contributed by atoms with Gasteiger partial charge >= 0.3 is 0 Å². The minimum absolute atomic E-state index is 0.0490. The van der Waals surface area contributed by atoms with Crippen molar-refractivity contribution in [2.75, 3.05) is 13.7 Å². The molecule has 0 bridgehead atoms. The van der Waals surface area contributed by atoms with Crippen LogP contribution in [-0.2, 0) is 12.2 Å². The number of hydrogen-bond acceptors (Lipinski definition) is 3. The van der Waals surface area contributed by atoms with Crippen molar-refractivity contribution in [1.82, 2.24) is 9.78 Å². The highest BCUT2D eigenvalue weighted by molar-refractivity contribution is 5.31. The SMILES string of the molecule is CCCn1ncc(OC)c1C(F)(CN)CCC. The van der Waals surface area contributed by atoms with Gasteiger partial charge in [-0.25, -0.2) is 4.39 Å². The van der Waals surface area contributed by atoms with Crippen LogP contribution in [0.4, 0.5) is 4.39 Å². The molecule has 98 valence electrons. The lowest BCUT2D eigenvalue weighted by Crippen LogP contribution is -2.33. The van der Waals surface area contributed by atoms with E-state index >= 15 is 0 Å². The fraction of sp³-hybridized carbons (Fsp3) is 0.750. The molecule has 0 amide bonds. The van der Waals surface area contributed by atoms with Crippen molar-refractivity contribution in [3.05, 3.63) is 11.9 Å². The molecule has 0 aromatic carbocycles. The van der Waals surface area contributed by atoms with Gasteiger partial charge in [0.15, 0.2) is 11.4 Å². The van der Waals surface area contributed by atoms with Crippen molar-refractivity contribution >= 4 is 0 Å². The van der Waals surface area contributed by atoms with Gasteiger partial charge in [0.25, 0.3) is 0 Å². The van der Waals surface area contributed by atoms with E-state index in [-0.39, 0.29) is 6.54 Å². The Morgan fingerprint density at radius 2 is 2.18 bits per heavy atom. The fourth-order valence-corrected chi connectivity index (χ4v) is 2.06. The molecule has 1 rings (SSSR count). The molecular formula is C12H22FN3O. The van der Waals surface area contributed by atoms with Gasteiger partial charge in [-0.2, -0.15) is 5.10 Å². The molecule has 5 heteroatoms. The van der Waals surface area contributed by atoms with Crippen LogP contribution in [0.2, 0.25) is 0 Å². The third-order valence-electron chi connectivity index (χ3n) is 2.86. The van der Waals surface area contributed by atoms with Crippen molar-refractivity contribution in [3.63, 3.8) is 0 Å². The van der Waals surface area contributed by atoms with Crippen molar-refractivity contribution in [3.8, 4) is 5.75 Å². The molecule has 0 radical (unpaired) electrons. The first-order valence-corrected chi connectivity index (χ1v) is 6.12. The van der Waals surface area contributed by atoms with Crippen LogP contribution in [0.1, 0.15) is 38.8 Å². The molecule has 4 nitrogen and oxygen atoms in total. The quantitative estimate of drug-likeness (QED) is 0.799. The molecule has 1 atom stereocenters. The number of ether oxygens (including phenoxy) is 1. The Labute approximate surface area is 102 Å². The van der Waals surface area contributed by atoms with Crippen molar-refractivity contribution in [2.45, 2.75) is 45.3 Å². The van der Waals surface area contributed by atoms with E-state index < -0.39 is 5.67 Å². The second kappa shape index (κ2) is 6.00. The van der Waals surface area contributed by atoms with Crippen LogP contribution < -0.4 is 10.5 Å². The predicted octanol–water partition coefficient (Wildman–Crippen LogP) is 2.23. The molecule has 0 aliphatic carbocycles. The first-order chi connectivity index (χ1) is 8.12. The van der Waals surface area contributed by atoms with E-state index in [1.807, 2.05) is 13.8 Å². The monoisotopic (exact) mass is 243 g/mol. The zero-order valence-corrected chi connectivity index (χ0v) is 10.9. The van der Waals surface area contributed by atoms with Crippen LogP contribution in [0, 0.1) is 0 Å². The van der Waals surface area contributed by atoms with Gasteiger partial charge < -0.3 is 10.5 Å². The molecule has 0 saturated carbocycles. The number of hydrogen-bond donors (Lipinski definition) is 1. The molecule has 0 spiro atoms. The number of methoxy groups -OCH3 is 1. The largest absolute Gasteiger partial charge is 0.493 e. The molecule has 0 fully saturated rings. The highest BCUT2D eigenvalue weighted by Gasteiger charge is 2.36. The number of nitrogens with zero attached hydrogens (tertiary/aromatic N) is 2. The highest BCUT2D eigenvalue weighted by Crippen LogP contribution is 2.36. The second-order valence-corrected chi connectivity index (χ2v) is 4.20. The minimum Gasteiger partial charge on any atom is -0.493 e. The van der Waals surface area contributed by atoms with E-state index in [1.165, 1.54) is 7.11 Å². The highest BCUT2D eigenvalue weighted by atomic mass is 19.1. The second-order valence-electron chi connectivity index (χ2n) is 4.20. The summed E-state index contributed by atoms with van der Waals surface area (Å²) in [6.07, 6.45) is 3.57. The summed E-state index contributed by atoms with van der Waals surface area (Å²) in [7, 11) is 1.53. The first-order valence-electron chi connectivity index (χ1n) is 6.12. The van der Waals surface area contributed by atoms with E-state index in [0.717, 1.165) is 12.8 Å². The third kappa shape index (κ3) is 2.77. The number of nitrogens with two attached hydrogens (primary N) is 1. The summed E-state index contributed by atoms with van der Waals surface area (Å²) in [6.45, 7) is 4.60. The summed E-state index contributed by atoms with van der Waals surface area (Å²) in [5, 5.41) is 4.17. The lowest BCUT2D eigenvalue weighted by atomic mass is 9.95. The van der Waals surface area contributed by atoms with Gasteiger partial charge in [0.1, 0.15) is 5.69 Å². The molecule has 1 aromatic rings. The Hall–Kier alpha value is -1.10. The normalized spacial score (nSPS) is 14.6. The fourth-order valence-electron chi connectivity index (χ4n) is 2.06. The third-order valence-corrected chi connectivity index (χ3v) is 2.86. The Bertz CT molecular complexity index is 354. The lowest BCUT2D eigenvalue weighted by molar-refractivity contribution is 0.140. The number of aryl methyl sites for hydroxylation is 1. The summed E-state index contributed by atoms with van der Waals surface area (Å²) in [4.78, 5) is 0. The maximum atomic E-state index is 14.9. The van der Waals surface area contributed by atoms with Gasteiger partial charge in [-0.1, -0.05) is 20.3 Å². The molecule has 1 aromatic heterocycles. The molecule has 17 heavy (non-hydrogen) atoms. The van der Waals surface area contributed by atoms with Gasteiger partial charge in [0.05, 0.1) is 13.3 Å². The molecule has 0 aliphatic heterocycles. The van der Waals surface area contributed by atoms with Crippen molar-refractivity contribution < 1.29 is 9.13 Å². The topological polar surface area (TPSA) is 53.1 Å². The van der Waals surface area contributed by atoms with Gasteiger partial charge in [-0.05, 0) is 12.8 Å². The lowest BCUT2D eigenvalue weighted by Gasteiger charge is -2.25. The van der Waals surface area contributed by atoms with Crippen LogP contribution in [-0.4, -0.2) is 23.4 Å². The standard InChI is InChI=1S/C12H22FN3O/c1-4-6-12(13,9-14)11-10(17-3)8-15-16(11)7-5-2/h8H,4-7,9,14H2,1-3H3. The maximum absolute atomic E-state index is 14.9. The molecule has 0 aliphatic rings. The van der Waals surface area contributed by atoms with Crippen LogP contribution >= 0.6 is 0 Å². The number of aromatic nitrogens is 2. The van der Waals surface area contributed by atoms with Crippen LogP contribution in [0.15, 0.2) is 6.20 Å². The summed E-state index contributed by atoms with van der Waals surface area (Å²) in [5.41, 5.74) is 4.53. The molecule has 0 saturated heterocycles. The van der Waals surface area contributed by atoms with E-state index in [4.69, 9.17) is 10.5 Å². The number of alkyl halides is 1. The zero-order chi connectivity index (χ0) is 12.9. The van der Waals surface area contributed by atoms with E-state index in [1.54, 1.807) is 10.9 Å².